The molecule has 0 saturated carbocycles. The first-order valence-electron chi connectivity index (χ1n) is 7.25. The van der Waals surface area contributed by atoms with Gasteiger partial charge in [-0.3, -0.25) is 9.59 Å². The molecule has 1 aromatic rings. The second-order valence-electron chi connectivity index (χ2n) is 5.79. The number of methoxy groups -OCH3 is 1. The summed E-state index contributed by atoms with van der Waals surface area (Å²) >= 11 is 0. The van der Waals surface area contributed by atoms with Gasteiger partial charge in [-0.05, 0) is 36.3 Å². The molecule has 0 bridgehead atoms. The van der Waals surface area contributed by atoms with E-state index in [1.807, 2.05) is 32.0 Å². The first-order chi connectivity index (χ1) is 9.56. The minimum absolute atomic E-state index is 0.0130. The highest BCUT2D eigenvalue weighted by atomic mass is 16.5. The third kappa shape index (κ3) is 2.77. The molecule has 0 N–H and O–H groups in total. The summed E-state index contributed by atoms with van der Waals surface area (Å²) in [5.41, 5.74) is 2.34. The Kier molecular flexibility index (Phi) is 4.58. The number of aryl methyl sites for hydroxylation is 1. The number of hydrogen-bond donors (Lipinski definition) is 0. The molecule has 0 saturated heterocycles. The van der Waals surface area contributed by atoms with Gasteiger partial charge in [0.15, 0.2) is 5.78 Å². The van der Waals surface area contributed by atoms with Gasteiger partial charge in [-0.15, -0.1) is 0 Å². The van der Waals surface area contributed by atoms with Crippen LogP contribution in [0.15, 0.2) is 24.3 Å². The Labute approximate surface area is 120 Å². The summed E-state index contributed by atoms with van der Waals surface area (Å²) in [6.45, 7) is 3.79. The number of carbonyl (C=O) groups excluding carboxylic acids is 2. The minimum atomic E-state index is -0.656. The molecule has 1 aliphatic carbocycles. The molecule has 0 heterocycles. The number of Topliss-reactive ketones (excluding diaryl/α,β-unsaturated/α-hetero) is 1. The molecule has 0 spiro atoms. The predicted octanol–water partition coefficient (Wildman–Crippen LogP) is 3.12. The summed E-state index contributed by atoms with van der Waals surface area (Å²) < 4.78 is 4.81. The molecule has 0 aliphatic heterocycles. The Morgan fingerprint density at radius 2 is 1.95 bits per heavy atom. The van der Waals surface area contributed by atoms with Gasteiger partial charge in [0.25, 0.3) is 0 Å². The lowest BCUT2D eigenvalue weighted by molar-refractivity contribution is -0.151. The van der Waals surface area contributed by atoms with Crippen molar-refractivity contribution in [2.45, 2.75) is 39.0 Å². The Morgan fingerprint density at radius 1 is 1.25 bits per heavy atom. The molecule has 0 amide bonds. The van der Waals surface area contributed by atoms with Crippen molar-refractivity contribution in [2.24, 2.45) is 11.8 Å². The van der Waals surface area contributed by atoms with Crippen molar-refractivity contribution >= 4 is 11.8 Å². The maximum Gasteiger partial charge on any atom is 0.316 e. The first kappa shape index (κ1) is 14.8. The quantitative estimate of drug-likeness (QED) is 0.626. The molecule has 20 heavy (non-hydrogen) atoms. The van der Waals surface area contributed by atoms with E-state index in [1.165, 1.54) is 12.7 Å². The number of benzene rings is 1. The van der Waals surface area contributed by atoms with Crippen LogP contribution in [0.1, 0.15) is 43.7 Å². The monoisotopic (exact) mass is 274 g/mol. The van der Waals surface area contributed by atoms with Crippen LogP contribution in [0.5, 0.6) is 0 Å². The van der Waals surface area contributed by atoms with E-state index in [0.29, 0.717) is 0 Å². The summed E-state index contributed by atoms with van der Waals surface area (Å²) in [4.78, 5) is 24.7. The van der Waals surface area contributed by atoms with E-state index >= 15 is 0 Å². The van der Waals surface area contributed by atoms with Crippen LogP contribution in [-0.4, -0.2) is 18.9 Å². The van der Waals surface area contributed by atoms with Crippen LogP contribution >= 0.6 is 0 Å². The normalized spacial score (nSPS) is 19.3. The fourth-order valence-corrected chi connectivity index (χ4v) is 3.11. The van der Waals surface area contributed by atoms with Gasteiger partial charge in [-0.2, -0.15) is 0 Å². The van der Waals surface area contributed by atoms with Crippen molar-refractivity contribution in [1.29, 1.82) is 0 Å². The highest BCUT2D eigenvalue weighted by molar-refractivity contribution is 6.02. The van der Waals surface area contributed by atoms with Crippen LogP contribution in [0.3, 0.4) is 0 Å². The molecule has 2 rings (SSSR count). The summed E-state index contributed by atoms with van der Waals surface area (Å²) in [5.74, 6) is -1.25. The van der Waals surface area contributed by atoms with Crippen LogP contribution in [0.2, 0.25) is 0 Å². The average molecular weight is 274 g/mol. The van der Waals surface area contributed by atoms with Crippen molar-refractivity contribution in [3.05, 3.63) is 35.4 Å². The maximum absolute atomic E-state index is 12.8. The number of ether oxygens (including phenoxy) is 1. The fraction of sp³-hybridized carbons (Fsp3) is 0.529. The molecule has 2 atom stereocenters. The molecular weight excluding hydrogens is 252 g/mol. The third-order valence-corrected chi connectivity index (χ3v) is 4.14. The SMILES string of the molecule is COC(=O)C(C(=O)C1CCCc2ccccc21)C(C)C. The summed E-state index contributed by atoms with van der Waals surface area (Å²) in [5, 5.41) is 0. The molecule has 3 nitrogen and oxygen atoms in total. The van der Waals surface area contributed by atoms with Crippen molar-refractivity contribution in [3.8, 4) is 0 Å². The Morgan fingerprint density at radius 3 is 2.60 bits per heavy atom. The highest BCUT2D eigenvalue weighted by Crippen LogP contribution is 2.35. The number of ketones is 1. The molecule has 1 aromatic carbocycles. The number of fused-ring (bicyclic) bond motifs is 1. The van der Waals surface area contributed by atoms with Crippen molar-refractivity contribution in [1.82, 2.24) is 0 Å². The average Bonchev–Trinajstić information content (AvgIpc) is 2.46. The standard InChI is InChI=1S/C17H22O3/c1-11(2)15(17(19)20-3)16(18)14-10-6-8-12-7-4-5-9-13(12)14/h4-5,7,9,11,14-15H,6,8,10H2,1-3H3. The zero-order valence-electron chi connectivity index (χ0n) is 12.4. The highest BCUT2D eigenvalue weighted by Gasteiger charge is 2.37. The van der Waals surface area contributed by atoms with Crippen LogP contribution in [-0.2, 0) is 20.7 Å². The largest absolute Gasteiger partial charge is 0.468 e. The molecule has 0 radical (unpaired) electrons. The van der Waals surface area contributed by atoms with Gasteiger partial charge in [0.1, 0.15) is 5.92 Å². The van der Waals surface area contributed by atoms with E-state index in [0.717, 1.165) is 24.8 Å². The van der Waals surface area contributed by atoms with Crippen molar-refractivity contribution in [3.63, 3.8) is 0 Å². The maximum atomic E-state index is 12.8. The zero-order chi connectivity index (χ0) is 14.7. The summed E-state index contributed by atoms with van der Waals surface area (Å²) in [7, 11) is 1.35. The lowest BCUT2D eigenvalue weighted by atomic mass is 9.75. The van der Waals surface area contributed by atoms with E-state index in [1.54, 1.807) is 0 Å². The number of carbonyl (C=O) groups is 2. The Hall–Kier alpha value is -1.64. The molecule has 0 aromatic heterocycles. The number of esters is 1. The van der Waals surface area contributed by atoms with E-state index in [9.17, 15) is 9.59 Å². The van der Waals surface area contributed by atoms with Crippen LogP contribution in [0.4, 0.5) is 0 Å². The van der Waals surface area contributed by atoms with Gasteiger partial charge < -0.3 is 4.74 Å². The molecule has 2 unspecified atom stereocenters. The lowest BCUT2D eigenvalue weighted by Gasteiger charge is -2.28. The van der Waals surface area contributed by atoms with Gasteiger partial charge in [0, 0.05) is 5.92 Å². The van der Waals surface area contributed by atoms with Gasteiger partial charge in [0.2, 0.25) is 0 Å². The second-order valence-corrected chi connectivity index (χ2v) is 5.79. The molecular formula is C17H22O3. The smallest absolute Gasteiger partial charge is 0.316 e. The van der Waals surface area contributed by atoms with Gasteiger partial charge in [-0.25, -0.2) is 0 Å². The van der Waals surface area contributed by atoms with E-state index in [-0.39, 0.29) is 17.6 Å². The van der Waals surface area contributed by atoms with Gasteiger partial charge in [-0.1, -0.05) is 38.1 Å². The van der Waals surface area contributed by atoms with Crippen LogP contribution in [0.25, 0.3) is 0 Å². The molecule has 3 heteroatoms. The lowest BCUT2D eigenvalue weighted by Crippen LogP contribution is -2.34. The molecule has 0 fully saturated rings. The number of rotatable bonds is 4. The predicted molar refractivity (Wildman–Crippen MR) is 77.5 cm³/mol. The topological polar surface area (TPSA) is 43.4 Å². The van der Waals surface area contributed by atoms with Crippen LogP contribution < -0.4 is 0 Å². The zero-order valence-corrected chi connectivity index (χ0v) is 12.4. The van der Waals surface area contributed by atoms with Crippen molar-refractivity contribution in [2.75, 3.05) is 7.11 Å². The van der Waals surface area contributed by atoms with E-state index in [2.05, 4.69) is 6.07 Å². The molecule has 108 valence electrons. The summed E-state index contributed by atoms with van der Waals surface area (Å²) in [6, 6.07) is 8.07. The van der Waals surface area contributed by atoms with Gasteiger partial charge >= 0.3 is 5.97 Å². The van der Waals surface area contributed by atoms with Crippen molar-refractivity contribution < 1.29 is 14.3 Å². The van der Waals surface area contributed by atoms with E-state index in [4.69, 9.17) is 4.74 Å². The number of hydrogen-bond acceptors (Lipinski definition) is 3. The molecule has 1 aliphatic rings. The Bertz CT molecular complexity index is 505. The van der Waals surface area contributed by atoms with Gasteiger partial charge in [0.05, 0.1) is 7.11 Å². The fourth-order valence-electron chi connectivity index (χ4n) is 3.11. The third-order valence-electron chi connectivity index (χ3n) is 4.14. The summed E-state index contributed by atoms with van der Waals surface area (Å²) in [6.07, 6.45) is 2.85. The van der Waals surface area contributed by atoms with E-state index < -0.39 is 11.9 Å². The minimum Gasteiger partial charge on any atom is -0.468 e. The Balaban J connectivity index is 2.31. The second kappa shape index (κ2) is 6.21. The first-order valence-corrected chi connectivity index (χ1v) is 7.25. The van der Waals surface area contributed by atoms with Crippen LogP contribution in [0, 0.1) is 11.8 Å².